The first-order valence-electron chi connectivity index (χ1n) is 5.23. The van der Waals surface area contributed by atoms with Gasteiger partial charge in [0.25, 0.3) is 0 Å². The average Bonchev–Trinajstić information content (AvgIpc) is 2.84. The number of ketones is 1. The van der Waals surface area contributed by atoms with Crippen molar-refractivity contribution in [2.24, 2.45) is 7.05 Å². The summed E-state index contributed by atoms with van der Waals surface area (Å²) < 4.78 is 1.66. The smallest absolute Gasteiger partial charge is 0.181 e. The first-order valence-corrected chi connectivity index (χ1v) is 6.11. The average molecular weight is 234 g/mol. The predicted octanol–water partition coefficient (Wildman–Crippen LogP) is 2.61. The molecule has 0 amide bonds. The van der Waals surface area contributed by atoms with E-state index in [1.54, 1.807) is 16.0 Å². The van der Waals surface area contributed by atoms with E-state index >= 15 is 0 Å². The molecule has 0 aliphatic carbocycles. The van der Waals surface area contributed by atoms with Gasteiger partial charge in [0.2, 0.25) is 0 Å². The van der Waals surface area contributed by atoms with Crippen molar-refractivity contribution in [1.29, 1.82) is 0 Å². The Morgan fingerprint density at radius 2 is 2.38 bits per heavy atom. The maximum Gasteiger partial charge on any atom is 0.181 e. The molecule has 0 aliphatic heterocycles. The Morgan fingerprint density at radius 1 is 1.56 bits per heavy atom. The van der Waals surface area contributed by atoms with Gasteiger partial charge in [-0.25, -0.2) is 0 Å². The van der Waals surface area contributed by atoms with Gasteiger partial charge in [0.1, 0.15) is 5.69 Å². The van der Waals surface area contributed by atoms with Crippen LogP contribution in [0.25, 0.3) is 0 Å². The summed E-state index contributed by atoms with van der Waals surface area (Å²) >= 11 is 1.69. The van der Waals surface area contributed by atoms with Gasteiger partial charge in [-0.3, -0.25) is 9.48 Å². The summed E-state index contributed by atoms with van der Waals surface area (Å²) in [6.07, 6.45) is 1.38. The molecule has 4 heteroatoms. The fourth-order valence-corrected chi connectivity index (χ4v) is 2.40. The molecule has 2 aromatic heterocycles. The van der Waals surface area contributed by atoms with E-state index in [1.165, 1.54) is 4.88 Å². The van der Waals surface area contributed by atoms with Gasteiger partial charge in [0.15, 0.2) is 5.78 Å². The van der Waals surface area contributed by atoms with Crippen LogP contribution in [0.2, 0.25) is 0 Å². The highest BCUT2D eigenvalue weighted by atomic mass is 32.1. The highest BCUT2D eigenvalue weighted by molar-refractivity contribution is 7.09. The van der Waals surface area contributed by atoms with Crippen LogP contribution < -0.4 is 0 Å². The summed E-state index contributed by atoms with van der Waals surface area (Å²) in [4.78, 5) is 13.2. The topological polar surface area (TPSA) is 34.9 Å². The Labute approximate surface area is 98.7 Å². The van der Waals surface area contributed by atoms with Gasteiger partial charge >= 0.3 is 0 Å². The summed E-state index contributed by atoms with van der Waals surface area (Å²) in [7, 11) is 1.81. The monoisotopic (exact) mass is 234 g/mol. The molecule has 0 saturated heterocycles. The summed E-state index contributed by atoms with van der Waals surface area (Å²) in [6.45, 7) is 1.90. The lowest BCUT2D eigenvalue weighted by molar-refractivity contribution is 0.0974. The van der Waals surface area contributed by atoms with Crippen molar-refractivity contribution >= 4 is 17.1 Å². The molecule has 0 atom stereocenters. The highest BCUT2D eigenvalue weighted by Gasteiger charge is 2.11. The minimum Gasteiger partial charge on any atom is -0.292 e. The zero-order valence-electron chi connectivity index (χ0n) is 9.43. The van der Waals surface area contributed by atoms with Crippen LogP contribution in [0.15, 0.2) is 23.6 Å². The van der Waals surface area contributed by atoms with Crippen LogP contribution in [0.3, 0.4) is 0 Å². The zero-order chi connectivity index (χ0) is 11.5. The Kier molecular flexibility index (Phi) is 3.19. The van der Waals surface area contributed by atoms with Gasteiger partial charge < -0.3 is 0 Å². The van der Waals surface area contributed by atoms with E-state index in [1.807, 2.05) is 31.5 Å². The molecule has 0 aromatic carbocycles. The van der Waals surface area contributed by atoms with Crippen LogP contribution in [0, 0.1) is 6.92 Å². The van der Waals surface area contributed by atoms with Crippen LogP contribution >= 0.6 is 11.3 Å². The normalized spacial score (nSPS) is 10.6. The molecule has 2 rings (SSSR count). The molecule has 0 saturated carbocycles. The van der Waals surface area contributed by atoms with Crippen molar-refractivity contribution in [2.45, 2.75) is 19.8 Å². The van der Waals surface area contributed by atoms with Crippen molar-refractivity contribution in [1.82, 2.24) is 9.78 Å². The van der Waals surface area contributed by atoms with Gasteiger partial charge in [-0.05, 0) is 30.9 Å². The number of hydrogen-bond donors (Lipinski definition) is 0. The maximum absolute atomic E-state index is 11.9. The Bertz CT molecular complexity index is 485. The number of rotatable bonds is 4. The molecule has 0 aliphatic rings. The maximum atomic E-state index is 11.9. The quantitative estimate of drug-likeness (QED) is 0.762. The minimum absolute atomic E-state index is 0.163. The molecule has 16 heavy (non-hydrogen) atoms. The van der Waals surface area contributed by atoms with Crippen molar-refractivity contribution in [3.05, 3.63) is 39.8 Å². The Hall–Kier alpha value is -1.42. The molecule has 0 spiro atoms. The lowest BCUT2D eigenvalue weighted by atomic mass is 10.1. The zero-order valence-corrected chi connectivity index (χ0v) is 10.3. The van der Waals surface area contributed by atoms with Crippen LogP contribution in [-0.4, -0.2) is 15.6 Å². The van der Waals surface area contributed by atoms with E-state index in [2.05, 4.69) is 11.2 Å². The highest BCUT2D eigenvalue weighted by Crippen LogP contribution is 2.13. The molecular weight excluding hydrogens is 220 g/mol. The molecule has 0 N–H and O–H groups in total. The number of nitrogens with zero attached hydrogens (tertiary/aromatic N) is 2. The van der Waals surface area contributed by atoms with Crippen molar-refractivity contribution in [3.8, 4) is 0 Å². The molecule has 0 unspecified atom stereocenters. The van der Waals surface area contributed by atoms with E-state index < -0.39 is 0 Å². The number of Topliss-reactive ketones (excluding diaryl/α,β-unsaturated/α-hetero) is 1. The van der Waals surface area contributed by atoms with Crippen LogP contribution in [0.1, 0.15) is 27.5 Å². The van der Waals surface area contributed by atoms with E-state index in [-0.39, 0.29) is 5.78 Å². The van der Waals surface area contributed by atoms with Crippen LogP contribution in [0.4, 0.5) is 0 Å². The summed E-state index contributed by atoms with van der Waals surface area (Å²) in [5, 5.41) is 6.21. The SMILES string of the molecule is Cc1cc(C(=O)CCc2cccs2)n(C)n1. The second-order valence-electron chi connectivity index (χ2n) is 3.80. The molecule has 84 valence electrons. The molecule has 3 nitrogen and oxygen atoms in total. The van der Waals surface area contributed by atoms with Gasteiger partial charge in [-0.15, -0.1) is 11.3 Å². The van der Waals surface area contributed by atoms with Crippen LogP contribution in [-0.2, 0) is 13.5 Å². The van der Waals surface area contributed by atoms with Crippen molar-refractivity contribution in [2.75, 3.05) is 0 Å². The molecule has 0 fully saturated rings. The third-order valence-corrected chi connectivity index (χ3v) is 3.40. The van der Waals surface area contributed by atoms with Crippen molar-refractivity contribution in [3.63, 3.8) is 0 Å². The molecule has 0 radical (unpaired) electrons. The summed E-state index contributed by atoms with van der Waals surface area (Å²) in [6, 6.07) is 5.92. The predicted molar refractivity (Wildman–Crippen MR) is 64.9 cm³/mol. The second kappa shape index (κ2) is 4.61. The lowest BCUT2D eigenvalue weighted by Gasteiger charge is -1.99. The fraction of sp³-hybridized carbons (Fsp3) is 0.333. The number of carbonyl (C=O) groups is 1. The molecule has 0 bridgehead atoms. The van der Waals surface area contributed by atoms with Crippen LogP contribution in [0.5, 0.6) is 0 Å². The second-order valence-corrected chi connectivity index (χ2v) is 4.83. The van der Waals surface area contributed by atoms with Gasteiger partial charge in [0.05, 0.1) is 5.69 Å². The minimum atomic E-state index is 0.163. The molecule has 2 heterocycles. The first kappa shape index (κ1) is 11.1. The van der Waals surface area contributed by atoms with Crippen molar-refractivity contribution < 1.29 is 4.79 Å². The summed E-state index contributed by atoms with van der Waals surface area (Å²) in [5.74, 6) is 0.163. The van der Waals surface area contributed by atoms with E-state index in [0.717, 1.165) is 12.1 Å². The Morgan fingerprint density at radius 3 is 2.94 bits per heavy atom. The number of aryl methyl sites for hydroxylation is 3. The number of carbonyl (C=O) groups excluding carboxylic acids is 1. The first-order chi connectivity index (χ1) is 7.66. The largest absolute Gasteiger partial charge is 0.292 e. The number of aromatic nitrogens is 2. The molecular formula is C12H14N2OS. The molecule has 2 aromatic rings. The number of hydrogen-bond acceptors (Lipinski definition) is 3. The number of thiophene rings is 1. The van der Waals surface area contributed by atoms with Gasteiger partial charge in [0, 0.05) is 18.3 Å². The van der Waals surface area contributed by atoms with E-state index in [4.69, 9.17) is 0 Å². The fourth-order valence-electron chi connectivity index (χ4n) is 1.69. The standard InChI is InChI=1S/C12H14N2OS/c1-9-8-11(14(2)13-9)12(15)6-5-10-4-3-7-16-10/h3-4,7-8H,5-6H2,1-2H3. The lowest BCUT2D eigenvalue weighted by Crippen LogP contribution is -2.07. The van der Waals surface area contributed by atoms with E-state index in [9.17, 15) is 4.79 Å². The third-order valence-electron chi connectivity index (χ3n) is 2.47. The van der Waals surface area contributed by atoms with Gasteiger partial charge in [-0.1, -0.05) is 6.07 Å². The van der Waals surface area contributed by atoms with Gasteiger partial charge in [-0.2, -0.15) is 5.10 Å². The summed E-state index contributed by atoms with van der Waals surface area (Å²) in [5.41, 5.74) is 1.59. The Balaban J connectivity index is 2.01. The third kappa shape index (κ3) is 2.39. The van der Waals surface area contributed by atoms with E-state index in [0.29, 0.717) is 12.1 Å².